The predicted octanol–water partition coefficient (Wildman–Crippen LogP) is 2.99. The van der Waals surface area contributed by atoms with Crippen LogP contribution in [0.4, 0.5) is 10.5 Å². The number of hydrogen-bond donors (Lipinski definition) is 3. The minimum atomic E-state index is -1.21. The van der Waals surface area contributed by atoms with E-state index in [1.165, 1.54) is 18.2 Å². The second-order valence-electron chi connectivity index (χ2n) is 5.61. The predicted molar refractivity (Wildman–Crippen MR) is 80.8 cm³/mol. The van der Waals surface area contributed by atoms with Crippen LogP contribution in [-0.4, -0.2) is 39.7 Å². The lowest BCUT2D eigenvalue weighted by Gasteiger charge is -2.28. The maximum Gasteiger partial charge on any atom is 0.339 e. The number of carbonyl (C=O) groups is 2. The van der Waals surface area contributed by atoms with Crippen molar-refractivity contribution in [3.8, 4) is 5.75 Å². The van der Waals surface area contributed by atoms with Gasteiger partial charge in [-0.25, -0.2) is 9.59 Å². The molecule has 0 atom stereocenters. The third-order valence-electron chi connectivity index (χ3n) is 2.93. The van der Waals surface area contributed by atoms with E-state index in [2.05, 4.69) is 5.32 Å². The van der Waals surface area contributed by atoms with Crippen molar-refractivity contribution in [3.63, 3.8) is 0 Å². The number of aromatic carboxylic acids is 1. The third-order valence-corrected chi connectivity index (χ3v) is 2.93. The van der Waals surface area contributed by atoms with E-state index in [0.717, 1.165) is 0 Å². The number of benzene rings is 1. The smallest absolute Gasteiger partial charge is 0.339 e. The van der Waals surface area contributed by atoms with Crippen molar-refractivity contribution >= 4 is 17.7 Å². The molecule has 6 nitrogen and oxygen atoms in total. The first-order valence-corrected chi connectivity index (χ1v) is 6.86. The van der Waals surface area contributed by atoms with Crippen molar-refractivity contribution in [1.82, 2.24) is 4.90 Å². The Bertz CT molecular complexity index is 526. The minimum absolute atomic E-state index is 0.0410. The van der Waals surface area contributed by atoms with E-state index in [0.29, 0.717) is 18.2 Å². The normalized spacial score (nSPS) is 10.8. The Balaban J connectivity index is 2.86. The molecule has 0 fully saturated rings. The molecule has 0 unspecified atom stereocenters. The number of carboxylic acids is 1. The highest BCUT2D eigenvalue weighted by atomic mass is 16.4. The van der Waals surface area contributed by atoms with Gasteiger partial charge in [0, 0.05) is 24.3 Å². The van der Waals surface area contributed by atoms with Gasteiger partial charge in [0.1, 0.15) is 11.3 Å². The number of anilines is 1. The van der Waals surface area contributed by atoms with E-state index < -0.39 is 5.97 Å². The van der Waals surface area contributed by atoms with Crippen LogP contribution in [-0.2, 0) is 0 Å². The van der Waals surface area contributed by atoms with Crippen molar-refractivity contribution in [3.05, 3.63) is 23.8 Å². The molecular weight excluding hydrogens is 272 g/mol. The largest absolute Gasteiger partial charge is 0.507 e. The highest BCUT2D eigenvalue weighted by molar-refractivity contribution is 5.94. The molecule has 1 rings (SSSR count). The Morgan fingerprint density at radius 2 is 1.86 bits per heavy atom. The summed E-state index contributed by atoms with van der Waals surface area (Å²) in [4.78, 5) is 24.7. The van der Waals surface area contributed by atoms with Gasteiger partial charge >= 0.3 is 12.0 Å². The Hall–Kier alpha value is -2.24. The third kappa shape index (κ3) is 4.66. The first kappa shape index (κ1) is 16.8. The number of carbonyl (C=O) groups excluding carboxylic acids is 1. The zero-order valence-corrected chi connectivity index (χ0v) is 12.8. The molecule has 21 heavy (non-hydrogen) atoms. The first-order valence-electron chi connectivity index (χ1n) is 6.86. The Morgan fingerprint density at radius 3 is 2.29 bits per heavy atom. The SMILES string of the molecule is CC(C)CN(C(=O)Nc1ccc(C(=O)O)c(O)c1)C(C)C. The lowest BCUT2D eigenvalue weighted by atomic mass is 10.1. The fourth-order valence-electron chi connectivity index (χ4n) is 1.91. The molecular formula is C15H22N2O4. The second-order valence-corrected chi connectivity index (χ2v) is 5.61. The molecule has 0 radical (unpaired) electrons. The van der Waals surface area contributed by atoms with Crippen LogP contribution < -0.4 is 5.32 Å². The number of aromatic hydroxyl groups is 1. The van der Waals surface area contributed by atoms with Gasteiger partial charge in [-0.05, 0) is 31.9 Å². The van der Waals surface area contributed by atoms with Crippen LogP contribution in [0.2, 0.25) is 0 Å². The van der Waals surface area contributed by atoms with Crippen LogP contribution in [0.25, 0.3) is 0 Å². The molecule has 2 amide bonds. The van der Waals surface area contributed by atoms with E-state index >= 15 is 0 Å². The summed E-state index contributed by atoms with van der Waals surface area (Å²) in [5.41, 5.74) is 0.160. The molecule has 0 spiro atoms. The standard InChI is InChI=1S/C15H22N2O4/c1-9(2)8-17(10(3)4)15(21)16-11-5-6-12(14(19)20)13(18)7-11/h5-7,9-10,18H,8H2,1-4H3,(H,16,21)(H,19,20). The average molecular weight is 294 g/mol. The Labute approximate surface area is 124 Å². The summed E-state index contributed by atoms with van der Waals surface area (Å²) in [5, 5.41) is 21.1. The quantitative estimate of drug-likeness (QED) is 0.778. The lowest BCUT2D eigenvalue weighted by molar-refractivity contribution is 0.0694. The van der Waals surface area contributed by atoms with E-state index in [9.17, 15) is 14.7 Å². The molecule has 3 N–H and O–H groups in total. The zero-order valence-electron chi connectivity index (χ0n) is 12.8. The van der Waals surface area contributed by atoms with Crippen molar-refractivity contribution in [2.24, 2.45) is 5.92 Å². The highest BCUT2D eigenvalue weighted by Crippen LogP contribution is 2.22. The van der Waals surface area contributed by atoms with E-state index in [4.69, 9.17) is 5.11 Å². The molecule has 0 aliphatic heterocycles. The summed E-state index contributed by atoms with van der Waals surface area (Å²) in [6, 6.07) is 3.71. The van der Waals surface area contributed by atoms with Crippen LogP contribution in [0, 0.1) is 5.92 Å². The number of carboxylic acid groups (broad SMARTS) is 1. The average Bonchev–Trinajstić information content (AvgIpc) is 2.34. The summed E-state index contributed by atoms with van der Waals surface area (Å²) < 4.78 is 0. The molecule has 0 aliphatic carbocycles. The second kappa shape index (κ2) is 6.97. The number of hydrogen-bond acceptors (Lipinski definition) is 3. The zero-order chi connectivity index (χ0) is 16.2. The molecule has 6 heteroatoms. The van der Waals surface area contributed by atoms with Crippen LogP contribution >= 0.6 is 0 Å². The minimum Gasteiger partial charge on any atom is -0.507 e. The molecule has 0 aliphatic rings. The van der Waals surface area contributed by atoms with Crippen LogP contribution in [0.5, 0.6) is 5.75 Å². The number of rotatable bonds is 5. The molecule has 0 aromatic heterocycles. The molecule has 0 bridgehead atoms. The molecule has 1 aromatic rings. The van der Waals surface area contributed by atoms with Gasteiger partial charge in [-0.15, -0.1) is 0 Å². The number of nitrogens with one attached hydrogen (secondary N) is 1. The number of phenols is 1. The van der Waals surface area contributed by atoms with Gasteiger partial charge < -0.3 is 20.4 Å². The number of urea groups is 1. The van der Waals surface area contributed by atoms with Crippen LogP contribution in [0.3, 0.4) is 0 Å². The molecule has 116 valence electrons. The van der Waals surface area contributed by atoms with Gasteiger partial charge in [-0.1, -0.05) is 13.8 Å². The maximum atomic E-state index is 12.2. The fourth-order valence-corrected chi connectivity index (χ4v) is 1.91. The molecule has 0 heterocycles. The fraction of sp³-hybridized carbons (Fsp3) is 0.467. The topological polar surface area (TPSA) is 89.9 Å². The summed E-state index contributed by atoms with van der Waals surface area (Å²) in [6.07, 6.45) is 0. The van der Waals surface area contributed by atoms with Gasteiger partial charge in [0.2, 0.25) is 0 Å². The van der Waals surface area contributed by atoms with E-state index in [1.807, 2.05) is 27.7 Å². The molecule has 1 aromatic carbocycles. The van der Waals surface area contributed by atoms with E-state index in [1.54, 1.807) is 4.90 Å². The van der Waals surface area contributed by atoms with Crippen molar-refractivity contribution in [2.45, 2.75) is 33.7 Å². The van der Waals surface area contributed by atoms with Gasteiger partial charge in [0.25, 0.3) is 0 Å². The number of nitrogens with zero attached hydrogens (tertiary/aromatic N) is 1. The summed E-state index contributed by atoms with van der Waals surface area (Å²) in [5.74, 6) is -1.25. The van der Waals surface area contributed by atoms with Gasteiger partial charge in [0.05, 0.1) is 0 Å². The monoisotopic (exact) mass is 294 g/mol. The summed E-state index contributed by atoms with van der Waals surface area (Å²) >= 11 is 0. The van der Waals surface area contributed by atoms with Gasteiger partial charge in [-0.3, -0.25) is 0 Å². The van der Waals surface area contributed by atoms with Crippen LogP contribution in [0.15, 0.2) is 18.2 Å². The maximum absolute atomic E-state index is 12.2. The Kier molecular flexibility index (Phi) is 5.58. The summed E-state index contributed by atoms with van der Waals surface area (Å²) in [6.45, 7) is 8.51. The first-order chi connectivity index (χ1) is 9.72. The Morgan fingerprint density at radius 1 is 1.24 bits per heavy atom. The van der Waals surface area contributed by atoms with Gasteiger partial charge in [-0.2, -0.15) is 0 Å². The van der Waals surface area contributed by atoms with Crippen LogP contribution in [0.1, 0.15) is 38.1 Å². The van der Waals surface area contributed by atoms with Gasteiger partial charge in [0.15, 0.2) is 0 Å². The molecule has 0 saturated heterocycles. The highest BCUT2D eigenvalue weighted by Gasteiger charge is 2.19. The van der Waals surface area contributed by atoms with E-state index in [-0.39, 0.29) is 23.4 Å². The van der Waals surface area contributed by atoms with Crippen molar-refractivity contribution in [1.29, 1.82) is 0 Å². The molecule has 0 saturated carbocycles. The number of amides is 2. The lowest BCUT2D eigenvalue weighted by Crippen LogP contribution is -2.42. The van der Waals surface area contributed by atoms with Crippen molar-refractivity contribution < 1.29 is 19.8 Å². The van der Waals surface area contributed by atoms with Crippen molar-refractivity contribution in [2.75, 3.05) is 11.9 Å². The summed E-state index contributed by atoms with van der Waals surface area (Å²) in [7, 11) is 0.